The van der Waals surface area contributed by atoms with Gasteiger partial charge in [0.05, 0.1) is 7.11 Å². The highest BCUT2D eigenvalue weighted by Crippen LogP contribution is 2.31. The lowest BCUT2D eigenvalue weighted by Crippen LogP contribution is -2.48. The predicted molar refractivity (Wildman–Crippen MR) is 88.8 cm³/mol. The van der Waals surface area contributed by atoms with E-state index in [4.69, 9.17) is 4.74 Å². The summed E-state index contributed by atoms with van der Waals surface area (Å²) in [5.74, 6) is 1.49. The van der Waals surface area contributed by atoms with Crippen LogP contribution in [-0.4, -0.2) is 49.9 Å². The van der Waals surface area contributed by atoms with Gasteiger partial charge in [-0.2, -0.15) is 0 Å². The summed E-state index contributed by atoms with van der Waals surface area (Å²) >= 11 is 0. The number of ether oxygens (including phenoxy) is 1. The average Bonchev–Trinajstić information content (AvgIpc) is 3.44. The molecular weight excluding hydrogens is 292 g/mol. The Morgan fingerprint density at radius 2 is 1.87 bits per heavy atom. The van der Waals surface area contributed by atoms with Crippen molar-refractivity contribution in [3.63, 3.8) is 0 Å². The molecule has 1 aromatic carbocycles. The van der Waals surface area contributed by atoms with E-state index in [9.17, 15) is 9.59 Å². The number of hydrogen-bond acceptors (Lipinski definition) is 4. The summed E-state index contributed by atoms with van der Waals surface area (Å²) in [6.07, 6.45) is 2.83. The second kappa shape index (κ2) is 7.02. The van der Waals surface area contributed by atoms with Gasteiger partial charge in [0, 0.05) is 56.7 Å². The van der Waals surface area contributed by atoms with Crippen molar-refractivity contribution < 1.29 is 14.3 Å². The van der Waals surface area contributed by atoms with Crippen molar-refractivity contribution in [2.75, 3.05) is 38.2 Å². The van der Waals surface area contributed by atoms with Crippen LogP contribution in [0.25, 0.3) is 0 Å². The first-order valence-corrected chi connectivity index (χ1v) is 8.37. The number of benzene rings is 1. The summed E-state index contributed by atoms with van der Waals surface area (Å²) in [5, 5.41) is 0. The average molecular weight is 316 g/mol. The summed E-state index contributed by atoms with van der Waals surface area (Å²) in [4.78, 5) is 28.1. The third-order valence-electron chi connectivity index (χ3n) is 4.67. The molecule has 0 bridgehead atoms. The molecule has 1 saturated heterocycles. The van der Waals surface area contributed by atoms with Crippen molar-refractivity contribution in [1.82, 2.24) is 4.90 Å². The van der Waals surface area contributed by atoms with Gasteiger partial charge < -0.3 is 14.5 Å². The molecule has 0 unspecified atom stereocenters. The van der Waals surface area contributed by atoms with E-state index in [0.717, 1.165) is 37.4 Å². The molecule has 1 aromatic rings. The zero-order valence-electron chi connectivity index (χ0n) is 13.7. The number of nitrogens with zero attached hydrogens (tertiary/aromatic N) is 2. The largest absolute Gasteiger partial charge is 0.497 e. The molecule has 0 aromatic heterocycles. The third kappa shape index (κ3) is 4.03. The minimum absolute atomic E-state index is 0.115. The minimum Gasteiger partial charge on any atom is -0.497 e. The van der Waals surface area contributed by atoms with Crippen LogP contribution in [0.2, 0.25) is 0 Å². The Bertz CT molecular complexity index is 575. The molecule has 5 nitrogen and oxygen atoms in total. The Balaban J connectivity index is 1.47. The molecule has 5 heteroatoms. The lowest BCUT2D eigenvalue weighted by molar-refractivity contribution is -0.133. The SMILES string of the molecule is COc1cccc(N2CCN(C(=O)CCC(=O)C3CC3)CC2)c1. The maximum atomic E-state index is 12.2. The smallest absolute Gasteiger partial charge is 0.223 e. The normalized spacial score (nSPS) is 18.0. The first-order chi connectivity index (χ1) is 11.2. The molecular formula is C18H24N2O3. The molecule has 2 aliphatic rings. The van der Waals surface area contributed by atoms with E-state index >= 15 is 0 Å². The van der Waals surface area contributed by atoms with Crippen molar-refractivity contribution >= 4 is 17.4 Å². The lowest BCUT2D eigenvalue weighted by Gasteiger charge is -2.36. The molecule has 2 fully saturated rings. The van der Waals surface area contributed by atoms with E-state index in [-0.39, 0.29) is 17.6 Å². The number of amides is 1. The van der Waals surface area contributed by atoms with Crippen molar-refractivity contribution in [2.45, 2.75) is 25.7 Å². The van der Waals surface area contributed by atoms with E-state index in [0.29, 0.717) is 25.9 Å². The summed E-state index contributed by atoms with van der Waals surface area (Å²) in [7, 11) is 1.67. The van der Waals surface area contributed by atoms with Gasteiger partial charge in [-0.25, -0.2) is 0 Å². The van der Waals surface area contributed by atoms with Gasteiger partial charge in [-0.05, 0) is 25.0 Å². The monoisotopic (exact) mass is 316 g/mol. The second-order valence-electron chi connectivity index (χ2n) is 6.31. The second-order valence-corrected chi connectivity index (χ2v) is 6.31. The number of hydrogen-bond donors (Lipinski definition) is 0. The molecule has 124 valence electrons. The van der Waals surface area contributed by atoms with Gasteiger partial charge in [-0.3, -0.25) is 9.59 Å². The first-order valence-electron chi connectivity index (χ1n) is 8.37. The maximum Gasteiger partial charge on any atom is 0.223 e. The molecule has 1 amide bonds. The molecule has 1 heterocycles. The van der Waals surface area contributed by atoms with E-state index in [1.165, 1.54) is 0 Å². The van der Waals surface area contributed by atoms with Crippen molar-refractivity contribution in [3.05, 3.63) is 24.3 Å². The van der Waals surface area contributed by atoms with Crippen LogP contribution in [0.1, 0.15) is 25.7 Å². The molecule has 1 aliphatic heterocycles. The van der Waals surface area contributed by atoms with E-state index in [2.05, 4.69) is 11.0 Å². The first kappa shape index (κ1) is 15.8. The molecule has 1 saturated carbocycles. The van der Waals surface area contributed by atoms with Crippen LogP contribution >= 0.6 is 0 Å². The van der Waals surface area contributed by atoms with Gasteiger partial charge in [-0.15, -0.1) is 0 Å². The summed E-state index contributed by atoms with van der Waals surface area (Å²) in [6.45, 7) is 3.06. The lowest BCUT2D eigenvalue weighted by atomic mass is 10.1. The number of anilines is 1. The van der Waals surface area contributed by atoms with Crippen molar-refractivity contribution in [3.8, 4) is 5.75 Å². The van der Waals surface area contributed by atoms with Crippen LogP contribution in [0, 0.1) is 5.92 Å². The summed E-state index contributed by atoms with van der Waals surface area (Å²) in [6, 6.07) is 8.00. The van der Waals surface area contributed by atoms with E-state index < -0.39 is 0 Å². The number of rotatable bonds is 6. The molecule has 0 atom stereocenters. The number of ketones is 1. The number of Topliss-reactive ketones (excluding diaryl/α,β-unsaturated/α-hetero) is 1. The third-order valence-corrected chi connectivity index (χ3v) is 4.67. The van der Waals surface area contributed by atoms with E-state index in [1.54, 1.807) is 7.11 Å². The van der Waals surface area contributed by atoms with Gasteiger partial charge in [-0.1, -0.05) is 6.07 Å². The fourth-order valence-corrected chi connectivity index (χ4v) is 3.02. The highest BCUT2D eigenvalue weighted by Gasteiger charge is 2.30. The molecule has 0 N–H and O–H groups in total. The molecule has 1 aliphatic carbocycles. The van der Waals surface area contributed by atoms with Crippen LogP contribution in [0.15, 0.2) is 24.3 Å². The van der Waals surface area contributed by atoms with Crippen LogP contribution in [0.3, 0.4) is 0 Å². The van der Waals surface area contributed by atoms with Crippen LogP contribution in [0.5, 0.6) is 5.75 Å². The number of piperazine rings is 1. The maximum absolute atomic E-state index is 12.2. The number of carbonyl (C=O) groups excluding carboxylic acids is 2. The van der Waals surface area contributed by atoms with Gasteiger partial charge in [0.1, 0.15) is 11.5 Å². The Morgan fingerprint density at radius 3 is 2.52 bits per heavy atom. The Labute approximate surface area is 137 Å². The predicted octanol–water partition coefficient (Wildman–Crippen LogP) is 2.10. The Kier molecular flexibility index (Phi) is 4.84. The topological polar surface area (TPSA) is 49.9 Å². The standard InChI is InChI=1S/C18H24N2O3/c1-23-16-4-2-3-15(13-16)19-9-11-20(12-10-19)18(22)8-7-17(21)14-5-6-14/h2-4,13-14H,5-12H2,1H3. The molecule has 0 radical (unpaired) electrons. The zero-order valence-corrected chi connectivity index (χ0v) is 13.7. The summed E-state index contributed by atoms with van der Waals surface area (Å²) < 4.78 is 5.26. The molecule has 0 spiro atoms. The highest BCUT2D eigenvalue weighted by molar-refractivity contribution is 5.87. The molecule has 23 heavy (non-hydrogen) atoms. The van der Waals surface area contributed by atoms with Crippen molar-refractivity contribution in [1.29, 1.82) is 0 Å². The summed E-state index contributed by atoms with van der Waals surface area (Å²) in [5.41, 5.74) is 1.13. The Hall–Kier alpha value is -2.04. The Morgan fingerprint density at radius 1 is 1.13 bits per heavy atom. The number of methoxy groups -OCH3 is 1. The zero-order chi connectivity index (χ0) is 16.2. The van der Waals surface area contributed by atoms with Gasteiger partial charge in [0.15, 0.2) is 0 Å². The van der Waals surface area contributed by atoms with Crippen molar-refractivity contribution in [2.24, 2.45) is 5.92 Å². The van der Waals surface area contributed by atoms with Gasteiger partial charge in [0.2, 0.25) is 5.91 Å². The van der Waals surface area contributed by atoms with Crippen LogP contribution < -0.4 is 9.64 Å². The van der Waals surface area contributed by atoms with Crippen LogP contribution in [0.4, 0.5) is 5.69 Å². The van der Waals surface area contributed by atoms with E-state index in [1.807, 2.05) is 23.1 Å². The fourth-order valence-electron chi connectivity index (χ4n) is 3.02. The fraction of sp³-hybridized carbons (Fsp3) is 0.556. The van der Waals surface area contributed by atoms with Gasteiger partial charge in [0.25, 0.3) is 0 Å². The van der Waals surface area contributed by atoms with Crippen LogP contribution in [-0.2, 0) is 9.59 Å². The quantitative estimate of drug-likeness (QED) is 0.806. The molecule has 3 rings (SSSR count). The minimum atomic E-state index is 0.115. The van der Waals surface area contributed by atoms with Gasteiger partial charge >= 0.3 is 0 Å². The highest BCUT2D eigenvalue weighted by atomic mass is 16.5. The number of carbonyl (C=O) groups is 2.